The first kappa shape index (κ1) is 17.7. The normalized spacial score (nSPS) is 15.6. The summed E-state index contributed by atoms with van der Waals surface area (Å²) in [4.78, 5) is 13.4. The summed E-state index contributed by atoms with van der Waals surface area (Å²) in [6, 6.07) is 17.3. The average Bonchev–Trinajstić information content (AvgIpc) is 3.19. The van der Waals surface area contributed by atoms with Gasteiger partial charge in [0.05, 0.1) is 23.9 Å². The molecule has 6 nitrogen and oxygen atoms in total. The van der Waals surface area contributed by atoms with E-state index in [0.717, 1.165) is 11.3 Å². The standard InChI is InChI=1S/C22H19N3O3/c1-14-10-19-20(22(26)25(14)13-16-8-5-9-27-16)17(18(12-23)21(24)28-19)11-15-6-3-2-4-7-15/h2-10,17H,11,13,24H2,1H3/t17-/m1/s1. The predicted molar refractivity (Wildman–Crippen MR) is 104 cm³/mol. The third-order valence-corrected chi connectivity index (χ3v) is 4.99. The molecule has 0 amide bonds. The fourth-order valence-corrected chi connectivity index (χ4v) is 3.59. The molecule has 0 spiro atoms. The van der Waals surface area contributed by atoms with Gasteiger partial charge in [-0.2, -0.15) is 5.26 Å². The number of furan rings is 1. The molecule has 0 fully saturated rings. The molecule has 1 aliphatic rings. The van der Waals surface area contributed by atoms with Crippen LogP contribution in [0.1, 0.15) is 28.5 Å². The van der Waals surface area contributed by atoms with Gasteiger partial charge in [-0.25, -0.2) is 0 Å². The molecule has 3 heterocycles. The van der Waals surface area contributed by atoms with Crippen molar-refractivity contribution in [3.05, 3.63) is 99.2 Å². The summed E-state index contributed by atoms with van der Waals surface area (Å²) in [5.74, 6) is 0.679. The van der Waals surface area contributed by atoms with Gasteiger partial charge in [-0.1, -0.05) is 30.3 Å². The molecular weight excluding hydrogens is 354 g/mol. The molecule has 140 valence electrons. The van der Waals surface area contributed by atoms with Crippen LogP contribution in [-0.4, -0.2) is 4.57 Å². The fraction of sp³-hybridized carbons (Fsp3) is 0.182. The lowest BCUT2D eigenvalue weighted by molar-refractivity contribution is 0.381. The molecule has 4 rings (SSSR count). The van der Waals surface area contributed by atoms with Crippen LogP contribution in [0.5, 0.6) is 5.75 Å². The maximum atomic E-state index is 13.4. The minimum absolute atomic E-state index is 0.0542. The molecule has 1 aromatic carbocycles. The highest BCUT2D eigenvalue weighted by Crippen LogP contribution is 2.38. The minimum atomic E-state index is -0.466. The Morgan fingerprint density at radius 3 is 2.68 bits per heavy atom. The average molecular weight is 373 g/mol. The molecule has 2 N–H and O–H groups in total. The van der Waals surface area contributed by atoms with E-state index in [0.29, 0.717) is 30.0 Å². The molecule has 0 radical (unpaired) electrons. The van der Waals surface area contributed by atoms with Crippen LogP contribution in [0.3, 0.4) is 0 Å². The van der Waals surface area contributed by atoms with E-state index in [1.54, 1.807) is 23.0 Å². The summed E-state index contributed by atoms with van der Waals surface area (Å²) in [6.07, 6.45) is 2.06. The Morgan fingerprint density at radius 1 is 1.21 bits per heavy atom. The zero-order valence-corrected chi connectivity index (χ0v) is 15.4. The number of fused-ring (bicyclic) bond motifs is 1. The number of ether oxygens (including phenoxy) is 1. The van der Waals surface area contributed by atoms with Crippen LogP contribution in [0.2, 0.25) is 0 Å². The van der Waals surface area contributed by atoms with Gasteiger partial charge in [0, 0.05) is 17.7 Å². The van der Waals surface area contributed by atoms with E-state index in [9.17, 15) is 10.1 Å². The first-order valence-electron chi connectivity index (χ1n) is 8.96. The smallest absolute Gasteiger partial charge is 0.258 e. The molecule has 1 aliphatic heterocycles. The lowest BCUT2D eigenvalue weighted by Gasteiger charge is -2.27. The van der Waals surface area contributed by atoms with Crippen molar-refractivity contribution in [2.24, 2.45) is 5.73 Å². The van der Waals surface area contributed by atoms with Gasteiger partial charge in [-0.15, -0.1) is 0 Å². The second kappa shape index (κ2) is 7.12. The first-order valence-corrected chi connectivity index (χ1v) is 8.96. The minimum Gasteiger partial charge on any atom is -0.467 e. The van der Waals surface area contributed by atoms with E-state index >= 15 is 0 Å². The van der Waals surface area contributed by atoms with E-state index in [4.69, 9.17) is 14.9 Å². The Kier molecular flexibility index (Phi) is 4.50. The van der Waals surface area contributed by atoms with Crippen LogP contribution in [0.25, 0.3) is 0 Å². The number of aryl methyl sites for hydroxylation is 1. The van der Waals surface area contributed by atoms with E-state index in [-0.39, 0.29) is 17.0 Å². The van der Waals surface area contributed by atoms with E-state index in [2.05, 4.69) is 6.07 Å². The number of allylic oxidation sites excluding steroid dienone is 1. The van der Waals surface area contributed by atoms with Gasteiger partial charge in [-0.3, -0.25) is 4.79 Å². The quantitative estimate of drug-likeness (QED) is 0.758. The van der Waals surface area contributed by atoms with Gasteiger partial charge in [0.15, 0.2) is 0 Å². The summed E-state index contributed by atoms with van der Waals surface area (Å²) in [5.41, 5.74) is 8.28. The number of nitrogens with zero attached hydrogens (tertiary/aromatic N) is 2. The van der Waals surface area contributed by atoms with E-state index in [1.807, 2.05) is 43.3 Å². The van der Waals surface area contributed by atoms with Crippen LogP contribution >= 0.6 is 0 Å². The number of benzene rings is 1. The maximum absolute atomic E-state index is 13.4. The molecule has 0 saturated heterocycles. The van der Waals surface area contributed by atoms with Crippen molar-refractivity contribution in [3.8, 4) is 11.8 Å². The predicted octanol–water partition coefficient (Wildman–Crippen LogP) is 3.21. The fourth-order valence-electron chi connectivity index (χ4n) is 3.59. The summed E-state index contributed by atoms with van der Waals surface area (Å²) < 4.78 is 12.7. The van der Waals surface area contributed by atoms with Crippen LogP contribution in [0.4, 0.5) is 0 Å². The van der Waals surface area contributed by atoms with Gasteiger partial charge in [0.1, 0.15) is 17.6 Å². The zero-order valence-electron chi connectivity index (χ0n) is 15.4. The van der Waals surface area contributed by atoms with Crippen LogP contribution in [-0.2, 0) is 13.0 Å². The van der Waals surface area contributed by atoms with Gasteiger partial charge < -0.3 is 19.5 Å². The second-order valence-electron chi connectivity index (χ2n) is 6.77. The largest absolute Gasteiger partial charge is 0.467 e. The maximum Gasteiger partial charge on any atom is 0.258 e. The first-order chi connectivity index (χ1) is 13.6. The molecule has 3 aromatic rings. The summed E-state index contributed by atoms with van der Waals surface area (Å²) in [5, 5.41) is 9.67. The van der Waals surface area contributed by atoms with Crippen molar-refractivity contribution in [3.63, 3.8) is 0 Å². The molecule has 0 unspecified atom stereocenters. The zero-order chi connectivity index (χ0) is 19.7. The number of aromatic nitrogens is 1. The summed E-state index contributed by atoms with van der Waals surface area (Å²) in [6.45, 7) is 2.14. The molecule has 0 bridgehead atoms. The highest BCUT2D eigenvalue weighted by molar-refractivity contribution is 5.50. The van der Waals surface area contributed by atoms with Gasteiger partial charge in [0.25, 0.3) is 5.56 Å². The monoisotopic (exact) mass is 373 g/mol. The van der Waals surface area contributed by atoms with E-state index in [1.165, 1.54) is 0 Å². The Balaban J connectivity index is 1.85. The Hall–Kier alpha value is -3.72. The van der Waals surface area contributed by atoms with Crippen LogP contribution in [0, 0.1) is 18.3 Å². The topological polar surface area (TPSA) is 94.2 Å². The number of nitrogens with two attached hydrogens (primary N) is 1. The highest BCUT2D eigenvalue weighted by Gasteiger charge is 2.33. The Morgan fingerprint density at radius 2 is 2.00 bits per heavy atom. The van der Waals surface area contributed by atoms with Crippen molar-refractivity contribution >= 4 is 0 Å². The number of pyridine rings is 1. The van der Waals surface area contributed by atoms with Gasteiger partial charge in [0.2, 0.25) is 5.88 Å². The third-order valence-electron chi connectivity index (χ3n) is 4.99. The van der Waals surface area contributed by atoms with Crippen molar-refractivity contribution in [1.82, 2.24) is 4.57 Å². The van der Waals surface area contributed by atoms with Crippen LogP contribution < -0.4 is 16.0 Å². The molecule has 1 atom stereocenters. The lowest BCUT2D eigenvalue weighted by Crippen LogP contribution is -2.33. The second-order valence-corrected chi connectivity index (χ2v) is 6.77. The Bertz CT molecular complexity index is 1140. The molecule has 2 aromatic heterocycles. The molecule has 6 heteroatoms. The molecular formula is C22H19N3O3. The number of rotatable bonds is 4. The van der Waals surface area contributed by atoms with Crippen molar-refractivity contribution in [1.29, 1.82) is 5.26 Å². The third kappa shape index (κ3) is 3.08. The van der Waals surface area contributed by atoms with Gasteiger partial charge >= 0.3 is 0 Å². The van der Waals surface area contributed by atoms with Gasteiger partial charge in [-0.05, 0) is 31.0 Å². The lowest BCUT2D eigenvalue weighted by atomic mass is 9.85. The molecule has 0 aliphatic carbocycles. The van der Waals surface area contributed by atoms with E-state index < -0.39 is 5.92 Å². The van der Waals surface area contributed by atoms with Crippen molar-refractivity contribution in [2.45, 2.75) is 25.8 Å². The SMILES string of the molecule is Cc1cc2c(c(=O)n1Cc1ccco1)[C@H](Cc1ccccc1)C(C#N)=C(N)O2. The summed E-state index contributed by atoms with van der Waals surface area (Å²) in [7, 11) is 0. The molecule has 0 saturated carbocycles. The number of hydrogen-bond acceptors (Lipinski definition) is 5. The van der Waals surface area contributed by atoms with Crippen molar-refractivity contribution in [2.75, 3.05) is 0 Å². The number of nitriles is 1. The van der Waals surface area contributed by atoms with Crippen LogP contribution in [0.15, 0.2) is 75.5 Å². The number of hydrogen-bond donors (Lipinski definition) is 1. The van der Waals surface area contributed by atoms with Crippen molar-refractivity contribution < 1.29 is 9.15 Å². The highest BCUT2D eigenvalue weighted by atomic mass is 16.5. The summed E-state index contributed by atoms with van der Waals surface area (Å²) >= 11 is 0. The Labute approximate surface area is 162 Å². The molecule has 28 heavy (non-hydrogen) atoms.